The van der Waals surface area contributed by atoms with Crippen molar-refractivity contribution in [3.8, 4) is 0 Å². The first-order valence-electron chi connectivity index (χ1n) is 3.65. The Labute approximate surface area is 64.1 Å². The molecule has 0 heterocycles. The fraction of sp³-hybridized carbons (Fsp3) is 0.625. The molecular formula is C8H10F2O. The number of carbonyl (C=O) groups excluding carboxylic acids is 1. The van der Waals surface area contributed by atoms with E-state index in [1.807, 2.05) is 0 Å². The van der Waals surface area contributed by atoms with E-state index in [1.165, 1.54) is 6.08 Å². The van der Waals surface area contributed by atoms with Crippen LogP contribution in [0, 0.1) is 0 Å². The third kappa shape index (κ3) is 2.41. The first kappa shape index (κ1) is 8.37. The second-order valence-corrected chi connectivity index (χ2v) is 2.82. The zero-order valence-corrected chi connectivity index (χ0v) is 6.15. The quantitative estimate of drug-likeness (QED) is 0.425. The van der Waals surface area contributed by atoms with Gasteiger partial charge in [-0.2, -0.15) is 0 Å². The van der Waals surface area contributed by atoms with E-state index in [9.17, 15) is 13.6 Å². The van der Waals surface area contributed by atoms with Crippen molar-refractivity contribution < 1.29 is 13.6 Å². The summed E-state index contributed by atoms with van der Waals surface area (Å²) in [6, 6.07) is 0. The minimum absolute atomic E-state index is 0.104. The molecule has 1 rings (SSSR count). The lowest BCUT2D eigenvalue weighted by atomic mass is 9.92. The number of alkyl halides is 2. The molecule has 0 amide bonds. The lowest BCUT2D eigenvalue weighted by Gasteiger charge is -2.22. The molecular weight excluding hydrogens is 150 g/mol. The summed E-state index contributed by atoms with van der Waals surface area (Å²) in [6.45, 7) is 0. The van der Waals surface area contributed by atoms with Crippen molar-refractivity contribution in [2.45, 2.75) is 31.6 Å². The zero-order valence-electron chi connectivity index (χ0n) is 6.15. The van der Waals surface area contributed by atoms with Gasteiger partial charge in [-0.25, -0.2) is 8.78 Å². The highest BCUT2D eigenvalue weighted by Crippen LogP contribution is 2.35. The molecule has 0 aromatic heterocycles. The molecule has 0 N–H and O–H groups in total. The summed E-state index contributed by atoms with van der Waals surface area (Å²) >= 11 is 0. The van der Waals surface area contributed by atoms with Crippen molar-refractivity contribution >= 4 is 6.29 Å². The minimum atomic E-state index is -2.50. The molecule has 11 heavy (non-hydrogen) atoms. The Morgan fingerprint density at radius 3 is 2.27 bits per heavy atom. The highest BCUT2D eigenvalue weighted by molar-refractivity contribution is 5.66. The summed E-state index contributed by atoms with van der Waals surface area (Å²) in [4.78, 5) is 9.97. The van der Waals surface area contributed by atoms with Gasteiger partial charge in [0, 0.05) is 12.8 Å². The van der Waals surface area contributed by atoms with Gasteiger partial charge in [-0.3, -0.25) is 4.79 Å². The first-order valence-corrected chi connectivity index (χ1v) is 3.65. The van der Waals surface area contributed by atoms with Crippen LogP contribution in [-0.2, 0) is 4.79 Å². The first-order chi connectivity index (χ1) is 5.14. The predicted octanol–water partition coefficient (Wildman–Crippen LogP) is 2.32. The molecule has 0 radical (unpaired) electrons. The Balaban J connectivity index is 2.48. The van der Waals surface area contributed by atoms with Crippen LogP contribution in [0.2, 0.25) is 0 Å². The van der Waals surface area contributed by atoms with Crippen LogP contribution in [0.15, 0.2) is 11.6 Å². The summed E-state index contributed by atoms with van der Waals surface area (Å²) in [5, 5.41) is 0. The third-order valence-corrected chi connectivity index (χ3v) is 1.93. The van der Waals surface area contributed by atoms with Crippen LogP contribution in [0.5, 0.6) is 0 Å². The molecule has 0 aromatic carbocycles. The Kier molecular flexibility index (Phi) is 2.37. The van der Waals surface area contributed by atoms with Crippen molar-refractivity contribution in [3.63, 3.8) is 0 Å². The van der Waals surface area contributed by atoms with Gasteiger partial charge in [0.2, 0.25) is 5.92 Å². The van der Waals surface area contributed by atoms with Crippen LogP contribution in [-0.4, -0.2) is 12.2 Å². The minimum Gasteiger partial charge on any atom is -0.299 e. The van der Waals surface area contributed by atoms with Gasteiger partial charge in [-0.05, 0) is 18.9 Å². The molecule has 3 heteroatoms. The van der Waals surface area contributed by atoms with Gasteiger partial charge in [0.05, 0.1) is 0 Å². The van der Waals surface area contributed by atoms with E-state index in [0.717, 1.165) is 5.57 Å². The number of hydrogen-bond acceptors (Lipinski definition) is 1. The molecule has 0 spiro atoms. The maximum absolute atomic E-state index is 12.5. The van der Waals surface area contributed by atoms with E-state index in [1.54, 1.807) is 0 Å². The topological polar surface area (TPSA) is 17.1 Å². The molecule has 0 unspecified atom stereocenters. The summed E-state index contributed by atoms with van der Waals surface area (Å²) < 4.78 is 25.0. The molecule has 0 atom stereocenters. The standard InChI is InChI=1S/C8H10F2O/c9-8(10)4-1-7(2-5-8)3-6-11/h3,6H,1-2,4-5H2. The highest BCUT2D eigenvalue weighted by atomic mass is 19.3. The van der Waals surface area contributed by atoms with Gasteiger partial charge >= 0.3 is 0 Å². The second-order valence-electron chi connectivity index (χ2n) is 2.82. The summed E-state index contributed by atoms with van der Waals surface area (Å²) in [5.74, 6) is -2.50. The largest absolute Gasteiger partial charge is 0.299 e. The molecule has 1 fully saturated rings. The van der Waals surface area contributed by atoms with Gasteiger partial charge in [0.25, 0.3) is 0 Å². The van der Waals surface area contributed by atoms with Gasteiger partial charge in [0.1, 0.15) is 6.29 Å². The van der Waals surface area contributed by atoms with Gasteiger partial charge < -0.3 is 0 Å². The average molecular weight is 160 g/mol. The monoisotopic (exact) mass is 160 g/mol. The Morgan fingerprint density at radius 1 is 1.27 bits per heavy atom. The predicted molar refractivity (Wildman–Crippen MR) is 37.6 cm³/mol. The number of halogens is 2. The third-order valence-electron chi connectivity index (χ3n) is 1.93. The summed E-state index contributed by atoms with van der Waals surface area (Å²) in [6.07, 6.45) is 2.59. The van der Waals surface area contributed by atoms with Crippen LogP contribution >= 0.6 is 0 Å². The fourth-order valence-corrected chi connectivity index (χ4v) is 1.20. The maximum Gasteiger partial charge on any atom is 0.248 e. The van der Waals surface area contributed by atoms with E-state index in [4.69, 9.17) is 0 Å². The lowest BCUT2D eigenvalue weighted by Crippen LogP contribution is -2.20. The normalized spacial score (nSPS) is 22.9. The van der Waals surface area contributed by atoms with Crippen molar-refractivity contribution in [2.24, 2.45) is 0 Å². The van der Waals surface area contributed by atoms with Crippen LogP contribution in [0.4, 0.5) is 8.78 Å². The summed E-state index contributed by atoms with van der Waals surface area (Å²) in [7, 11) is 0. The molecule has 1 saturated carbocycles. The second kappa shape index (κ2) is 3.11. The molecule has 1 aliphatic carbocycles. The van der Waals surface area contributed by atoms with Gasteiger partial charge in [0.15, 0.2) is 0 Å². The Bertz CT molecular complexity index is 173. The van der Waals surface area contributed by atoms with Crippen LogP contribution in [0.3, 0.4) is 0 Å². The zero-order chi connectivity index (χ0) is 8.32. The van der Waals surface area contributed by atoms with E-state index in [0.29, 0.717) is 19.1 Å². The molecule has 1 nitrogen and oxygen atoms in total. The van der Waals surface area contributed by atoms with E-state index < -0.39 is 5.92 Å². The number of allylic oxidation sites excluding steroid dienone is 2. The van der Waals surface area contributed by atoms with E-state index in [2.05, 4.69) is 0 Å². The molecule has 0 saturated heterocycles. The SMILES string of the molecule is O=CC=C1CCC(F)(F)CC1. The Morgan fingerprint density at radius 2 is 1.82 bits per heavy atom. The Hall–Kier alpha value is -0.730. The van der Waals surface area contributed by atoms with Crippen LogP contribution in [0.1, 0.15) is 25.7 Å². The number of hydrogen-bond donors (Lipinski definition) is 0. The average Bonchev–Trinajstić information content (AvgIpc) is 1.94. The van der Waals surface area contributed by atoms with Crippen molar-refractivity contribution in [2.75, 3.05) is 0 Å². The molecule has 62 valence electrons. The number of carbonyl (C=O) groups is 1. The molecule has 0 bridgehead atoms. The number of aldehydes is 1. The van der Waals surface area contributed by atoms with Crippen LogP contribution < -0.4 is 0 Å². The van der Waals surface area contributed by atoms with Gasteiger partial charge in [-0.1, -0.05) is 5.57 Å². The van der Waals surface area contributed by atoms with E-state index >= 15 is 0 Å². The molecule has 0 aromatic rings. The van der Waals surface area contributed by atoms with Crippen LogP contribution in [0.25, 0.3) is 0 Å². The van der Waals surface area contributed by atoms with Crippen molar-refractivity contribution in [3.05, 3.63) is 11.6 Å². The van der Waals surface area contributed by atoms with Crippen molar-refractivity contribution in [1.82, 2.24) is 0 Å². The summed E-state index contributed by atoms with van der Waals surface area (Å²) in [5.41, 5.74) is 0.853. The van der Waals surface area contributed by atoms with E-state index in [-0.39, 0.29) is 12.8 Å². The number of rotatable bonds is 1. The van der Waals surface area contributed by atoms with Crippen molar-refractivity contribution in [1.29, 1.82) is 0 Å². The molecule has 0 aliphatic heterocycles. The highest BCUT2D eigenvalue weighted by Gasteiger charge is 2.32. The molecule has 1 aliphatic rings. The fourth-order valence-electron chi connectivity index (χ4n) is 1.20. The lowest BCUT2D eigenvalue weighted by molar-refractivity contribution is -0.104. The maximum atomic E-state index is 12.5. The smallest absolute Gasteiger partial charge is 0.248 e. The van der Waals surface area contributed by atoms with Gasteiger partial charge in [-0.15, -0.1) is 0 Å².